The van der Waals surface area contributed by atoms with Crippen molar-refractivity contribution in [1.82, 2.24) is 14.6 Å². The van der Waals surface area contributed by atoms with Gasteiger partial charge in [-0.2, -0.15) is 0 Å². The minimum absolute atomic E-state index is 0.0522. The molecule has 4 fully saturated rings. The number of ketones is 1. The maximum Gasteiger partial charge on any atom is 0.306 e. The second-order valence-corrected chi connectivity index (χ2v) is 19.5. The molecule has 1 spiro atoms. The van der Waals surface area contributed by atoms with Gasteiger partial charge in [0.25, 0.3) is 0 Å². The number of ether oxygens (including phenoxy) is 2. The molecular weight excluding hydrogens is 707 g/mol. The Balaban J connectivity index is 1.12. The summed E-state index contributed by atoms with van der Waals surface area (Å²) in [4.78, 5) is 63.4. The molecule has 0 radical (unpaired) electrons. The van der Waals surface area contributed by atoms with E-state index in [2.05, 4.69) is 4.72 Å². The molecule has 2 aromatic rings. The van der Waals surface area contributed by atoms with Gasteiger partial charge < -0.3 is 14.4 Å². The number of amides is 2. The largest absolute Gasteiger partial charge is 0.483 e. The monoisotopic (exact) mass is 759 g/mol. The topological polar surface area (TPSA) is 149 Å². The third-order valence-corrected chi connectivity index (χ3v) is 15.5. The quantitative estimate of drug-likeness (QED) is 0.269. The molecule has 5 atom stereocenters. The number of esters is 1. The van der Waals surface area contributed by atoms with Crippen molar-refractivity contribution in [3.8, 4) is 5.75 Å². The Morgan fingerprint density at radius 3 is 2.56 bits per heavy atom. The minimum Gasteiger partial charge on any atom is -0.483 e. The molecule has 3 aliphatic heterocycles. The first-order valence-corrected chi connectivity index (χ1v) is 21.6. The van der Waals surface area contributed by atoms with E-state index in [1.54, 1.807) is 11.8 Å². The van der Waals surface area contributed by atoms with Gasteiger partial charge in [-0.1, -0.05) is 43.2 Å². The average molecular weight is 760 g/mol. The van der Waals surface area contributed by atoms with E-state index in [0.717, 1.165) is 73.5 Å². The van der Waals surface area contributed by atoms with Gasteiger partial charge in [0.1, 0.15) is 17.5 Å². The summed E-state index contributed by atoms with van der Waals surface area (Å²) < 4.78 is 40.6. The average Bonchev–Trinajstić information content (AvgIpc) is 3.93. The van der Waals surface area contributed by atoms with Crippen LogP contribution in [-0.2, 0) is 40.4 Å². The SMILES string of the molecule is Cc1nc2ccccc2c2c1O[C@]1(CC2)C[C@H]2C(=O)C[C@]3(C(=O)NS(=O)(=O)C4(C)CC4)C[C@H]3/C=C\CCCCC[C@H](CC(=O)OC3CCCC3)C(=O)N2C1. The number of Topliss-reactive ketones (excluding diaryl/α,β-unsaturated/α-hetero) is 1. The summed E-state index contributed by atoms with van der Waals surface area (Å²) in [5, 5.41) is 1.02. The summed E-state index contributed by atoms with van der Waals surface area (Å²) in [5.41, 5.74) is 0.596. The van der Waals surface area contributed by atoms with Crippen LogP contribution < -0.4 is 9.46 Å². The fourth-order valence-electron chi connectivity index (χ4n) is 9.55. The van der Waals surface area contributed by atoms with Gasteiger partial charge in [0.05, 0.1) is 40.4 Å². The number of hydrogen-bond donors (Lipinski definition) is 1. The number of aryl methyl sites for hydroxylation is 2. The maximum atomic E-state index is 14.8. The standard InChI is InChI=1S/C42H53N3O8S/c1-27-37-32(31-16-10-11-17-33(31)43-27)18-19-41(53-37)24-34-35(46)25-42(39(49)44-54(50,51)40(2)20-21-40)23-29(42)13-7-5-3-4-6-12-28(38(48)45(34)26-41)22-36(47)52-30-14-8-9-15-30/h7,10-11,13,16-17,28-30,34H,3-6,8-9,12,14-15,18-26H2,1-2H3,(H,44,49)/b13-7-/t28-,29-,34+,41-,42-/m1/s1. The van der Waals surface area contributed by atoms with E-state index in [-0.39, 0.29) is 55.5 Å². The van der Waals surface area contributed by atoms with E-state index in [9.17, 15) is 27.6 Å². The number of pyridine rings is 1. The lowest BCUT2D eigenvalue weighted by molar-refractivity contribution is -0.154. The number of allylic oxidation sites excluding steroid dienone is 2. The Labute approximate surface area is 318 Å². The fraction of sp³-hybridized carbons (Fsp3) is 0.643. The molecule has 1 N–H and O–H groups in total. The smallest absolute Gasteiger partial charge is 0.306 e. The number of benzene rings is 1. The maximum absolute atomic E-state index is 14.8. The lowest BCUT2D eigenvalue weighted by Gasteiger charge is -2.36. The summed E-state index contributed by atoms with van der Waals surface area (Å²) >= 11 is 0. The summed E-state index contributed by atoms with van der Waals surface area (Å²) in [6.07, 6.45) is 13.9. The van der Waals surface area contributed by atoms with Crippen LogP contribution in [0.4, 0.5) is 0 Å². The zero-order valence-electron chi connectivity index (χ0n) is 31.6. The van der Waals surface area contributed by atoms with E-state index in [4.69, 9.17) is 14.5 Å². The Morgan fingerprint density at radius 1 is 1.02 bits per heavy atom. The summed E-state index contributed by atoms with van der Waals surface area (Å²) in [6, 6.07) is 7.06. The number of nitrogens with one attached hydrogen (secondary N) is 1. The van der Waals surface area contributed by atoms with Crippen LogP contribution in [0.5, 0.6) is 5.75 Å². The van der Waals surface area contributed by atoms with Crippen molar-refractivity contribution in [3.05, 3.63) is 47.7 Å². The Hall–Kier alpha value is -3.80. The van der Waals surface area contributed by atoms with Crippen LogP contribution in [0.2, 0.25) is 0 Å². The van der Waals surface area contributed by atoms with Crippen LogP contribution in [0.3, 0.4) is 0 Å². The molecule has 1 saturated heterocycles. The first kappa shape index (κ1) is 37.1. The van der Waals surface area contributed by atoms with Gasteiger partial charge in [-0.25, -0.2) is 13.4 Å². The van der Waals surface area contributed by atoms with Gasteiger partial charge >= 0.3 is 5.97 Å². The molecule has 1 aromatic heterocycles. The molecule has 0 bridgehead atoms. The zero-order chi connectivity index (χ0) is 37.9. The zero-order valence-corrected chi connectivity index (χ0v) is 32.4. The third kappa shape index (κ3) is 6.96. The number of hydrogen-bond acceptors (Lipinski definition) is 9. The number of para-hydroxylation sites is 1. The van der Waals surface area contributed by atoms with Crippen LogP contribution in [-0.4, -0.2) is 70.9 Å². The van der Waals surface area contributed by atoms with E-state index in [1.165, 1.54) is 0 Å². The highest BCUT2D eigenvalue weighted by Crippen LogP contribution is 2.58. The normalized spacial score (nSPS) is 31.7. The number of fused-ring (bicyclic) bond motifs is 5. The molecule has 54 heavy (non-hydrogen) atoms. The predicted octanol–water partition coefficient (Wildman–Crippen LogP) is 6.18. The molecule has 11 nitrogen and oxygen atoms in total. The third-order valence-electron chi connectivity index (χ3n) is 13.4. The van der Waals surface area contributed by atoms with Gasteiger partial charge in [-0.15, -0.1) is 0 Å². The van der Waals surface area contributed by atoms with Crippen LogP contribution in [0, 0.1) is 24.2 Å². The molecule has 1 aromatic carbocycles. The summed E-state index contributed by atoms with van der Waals surface area (Å²) in [5.74, 6) is -1.84. The Morgan fingerprint density at radius 2 is 1.78 bits per heavy atom. The van der Waals surface area contributed by atoms with Crippen molar-refractivity contribution in [2.75, 3.05) is 6.54 Å². The van der Waals surface area contributed by atoms with E-state index < -0.39 is 43.7 Å². The molecule has 3 aliphatic carbocycles. The minimum atomic E-state index is -3.92. The molecular formula is C42H53N3O8S. The molecule has 0 unspecified atom stereocenters. The van der Waals surface area contributed by atoms with Crippen LogP contribution >= 0.6 is 0 Å². The van der Waals surface area contributed by atoms with Crippen LogP contribution in [0.25, 0.3) is 10.9 Å². The Kier molecular flexibility index (Phi) is 9.66. The molecule has 4 heterocycles. The highest BCUT2D eigenvalue weighted by molar-refractivity contribution is 7.91. The molecule has 2 amide bonds. The number of carbonyl (C=O) groups is 4. The first-order chi connectivity index (χ1) is 25.8. The van der Waals surface area contributed by atoms with Crippen molar-refractivity contribution in [2.24, 2.45) is 17.3 Å². The molecule has 290 valence electrons. The van der Waals surface area contributed by atoms with E-state index in [1.807, 2.05) is 43.3 Å². The van der Waals surface area contributed by atoms with E-state index in [0.29, 0.717) is 44.3 Å². The van der Waals surface area contributed by atoms with Gasteiger partial charge in [-0.3, -0.25) is 23.9 Å². The van der Waals surface area contributed by atoms with Crippen LogP contribution in [0.15, 0.2) is 36.4 Å². The molecule has 6 aliphatic rings. The summed E-state index contributed by atoms with van der Waals surface area (Å²) in [6.45, 7) is 3.72. The number of sulfonamides is 1. The van der Waals surface area contributed by atoms with Crippen molar-refractivity contribution in [3.63, 3.8) is 0 Å². The summed E-state index contributed by atoms with van der Waals surface area (Å²) in [7, 11) is -3.92. The van der Waals surface area contributed by atoms with E-state index >= 15 is 0 Å². The molecule has 12 heteroatoms. The van der Waals surface area contributed by atoms with Crippen molar-refractivity contribution in [2.45, 2.75) is 145 Å². The lowest BCUT2D eigenvalue weighted by Crippen LogP contribution is -2.48. The number of rotatable bonds is 6. The number of nitrogens with zero attached hydrogens (tertiary/aromatic N) is 2. The Bertz CT molecular complexity index is 2000. The highest BCUT2D eigenvalue weighted by Gasteiger charge is 2.63. The lowest BCUT2D eigenvalue weighted by atomic mass is 9.85. The van der Waals surface area contributed by atoms with Gasteiger partial charge in [0, 0.05) is 29.7 Å². The predicted molar refractivity (Wildman–Crippen MR) is 202 cm³/mol. The van der Waals surface area contributed by atoms with Crippen LogP contribution in [0.1, 0.15) is 121 Å². The molecule has 8 rings (SSSR count). The second kappa shape index (κ2) is 14.0. The van der Waals surface area contributed by atoms with Gasteiger partial charge in [0.15, 0.2) is 5.78 Å². The number of carbonyl (C=O) groups excluding carboxylic acids is 4. The fourth-order valence-corrected chi connectivity index (χ4v) is 10.9. The number of aromatic nitrogens is 1. The van der Waals surface area contributed by atoms with Gasteiger partial charge in [0.2, 0.25) is 21.8 Å². The second-order valence-electron chi connectivity index (χ2n) is 17.4. The van der Waals surface area contributed by atoms with Crippen molar-refractivity contribution < 1.29 is 37.1 Å². The first-order valence-electron chi connectivity index (χ1n) is 20.2. The highest BCUT2D eigenvalue weighted by atomic mass is 32.2. The van der Waals surface area contributed by atoms with Crippen molar-refractivity contribution in [1.29, 1.82) is 0 Å². The molecule has 3 saturated carbocycles. The van der Waals surface area contributed by atoms with Crippen molar-refractivity contribution >= 4 is 44.5 Å². The van der Waals surface area contributed by atoms with Gasteiger partial charge in [-0.05, 0) is 103 Å².